The molecule has 0 aromatic heterocycles. The topological polar surface area (TPSA) is 49.4 Å². The van der Waals surface area contributed by atoms with Crippen molar-refractivity contribution in [3.8, 4) is 0 Å². The van der Waals surface area contributed by atoms with Gasteiger partial charge in [0.25, 0.3) is 0 Å². The molecule has 1 aromatic carbocycles. The van der Waals surface area contributed by atoms with E-state index in [4.69, 9.17) is 0 Å². The van der Waals surface area contributed by atoms with Crippen molar-refractivity contribution in [2.24, 2.45) is 0 Å². The van der Waals surface area contributed by atoms with Crippen molar-refractivity contribution < 1.29 is 9.59 Å². The Morgan fingerprint density at radius 1 is 1.12 bits per heavy atom. The molecule has 1 fully saturated rings. The van der Waals surface area contributed by atoms with Gasteiger partial charge < -0.3 is 4.90 Å². The number of carbonyl (C=O) groups excluding carboxylic acids is 2. The molecule has 17 heavy (non-hydrogen) atoms. The number of piperazine rings is 1. The van der Waals surface area contributed by atoms with Crippen molar-refractivity contribution in [2.45, 2.75) is 19.8 Å². The first-order valence-corrected chi connectivity index (χ1v) is 5.85. The van der Waals surface area contributed by atoms with E-state index in [0.717, 1.165) is 18.5 Å². The molecule has 1 aromatic rings. The Balaban J connectivity index is 2.11. The van der Waals surface area contributed by atoms with Crippen LogP contribution in [0.5, 0.6) is 0 Å². The lowest BCUT2D eigenvalue weighted by Gasteiger charge is -2.27. The maximum atomic E-state index is 11.3. The highest BCUT2D eigenvalue weighted by Crippen LogP contribution is 2.16. The van der Waals surface area contributed by atoms with E-state index >= 15 is 0 Å². The number of hydrogen-bond donors (Lipinski definition) is 1. The molecule has 0 atom stereocenters. The van der Waals surface area contributed by atoms with E-state index in [9.17, 15) is 9.59 Å². The van der Waals surface area contributed by atoms with E-state index in [0.29, 0.717) is 0 Å². The maximum Gasteiger partial charge on any atom is 0.246 e. The Hall–Kier alpha value is -1.84. The lowest BCUT2D eigenvalue weighted by Crippen LogP contribution is -2.51. The van der Waals surface area contributed by atoms with Crippen molar-refractivity contribution >= 4 is 17.5 Å². The highest BCUT2D eigenvalue weighted by molar-refractivity contribution is 6.02. The summed E-state index contributed by atoms with van der Waals surface area (Å²) in [6, 6.07) is 8.04. The van der Waals surface area contributed by atoms with E-state index in [1.807, 2.05) is 12.1 Å². The highest BCUT2D eigenvalue weighted by atomic mass is 16.2. The predicted molar refractivity (Wildman–Crippen MR) is 65.8 cm³/mol. The number of rotatable bonds is 3. The summed E-state index contributed by atoms with van der Waals surface area (Å²) in [7, 11) is 0. The molecule has 0 spiro atoms. The van der Waals surface area contributed by atoms with Crippen LogP contribution in [0, 0.1) is 0 Å². The number of amides is 2. The first kappa shape index (κ1) is 11.6. The van der Waals surface area contributed by atoms with Crippen LogP contribution in [0.4, 0.5) is 5.69 Å². The first-order valence-electron chi connectivity index (χ1n) is 5.85. The molecule has 0 radical (unpaired) electrons. The Bertz CT molecular complexity index is 410. The van der Waals surface area contributed by atoms with Crippen LogP contribution < -0.4 is 10.2 Å². The van der Waals surface area contributed by atoms with Gasteiger partial charge in [-0.1, -0.05) is 25.5 Å². The van der Waals surface area contributed by atoms with Crippen LogP contribution in [0.15, 0.2) is 24.3 Å². The molecule has 0 aliphatic carbocycles. The summed E-state index contributed by atoms with van der Waals surface area (Å²) >= 11 is 0. The highest BCUT2D eigenvalue weighted by Gasteiger charge is 2.22. The molecule has 0 saturated carbocycles. The predicted octanol–water partition coefficient (Wildman–Crippen LogP) is 1.10. The van der Waals surface area contributed by atoms with Crippen molar-refractivity contribution in [3.63, 3.8) is 0 Å². The third-order valence-electron chi connectivity index (χ3n) is 2.79. The van der Waals surface area contributed by atoms with E-state index in [-0.39, 0.29) is 24.9 Å². The van der Waals surface area contributed by atoms with Gasteiger partial charge in [-0.15, -0.1) is 0 Å². The van der Waals surface area contributed by atoms with Gasteiger partial charge in [-0.2, -0.15) is 0 Å². The lowest BCUT2D eigenvalue weighted by molar-refractivity contribution is -0.130. The second-order valence-electron chi connectivity index (χ2n) is 4.24. The summed E-state index contributed by atoms with van der Waals surface area (Å²) in [5.41, 5.74) is 2.21. The zero-order valence-corrected chi connectivity index (χ0v) is 9.90. The number of benzene rings is 1. The molecule has 90 valence electrons. The van der Waals surface area contributed by atoms with E-state index in [1.165, 1.54) is 5.56 Å². The van der Waals surface area contributed by atoms with Gasteiger partial charge in [0.1, 0.15) is 0 Å². The number of carbonyl (C=O) groups is 2. The van der Waals surface area contributed by atoms with Crippen molar-refractivity contribution in [2.75, 3.05) is 18.0 Å². The Morgan fingerprint density at radius 2 is 1.71 bits per heavy atom. The van der Waals surface area contributed by atoms with Gasteiger partial charge in [-0.25, -0.2) is 0 Å². The van der Waals surface area contributed by atoms with E-state index in [1.54, 1.807) is 4.90 Å². The second kappa shape index (κ2) is 4.99. The summed E-state index contributed by atoms with van der Waals surface area (Å²) in [6.07, 6.45) is 2.17. The Kier molecular flexibility index (Phi) is 3.42. The fourth-order valence-corrected chi connectivity index (χ4v) is 1.98. The standard InChI is InChI=1S/C13H16N2O2/c1-2-3-10-4-6-11(7-5-10)15-8-12(16)14-13(17)9-15/h4-7H,2-3,8-9H2,1H3,(H,14,16,17). The van der Waals surface area contributed by atoms with Crippen LogP contribution in [-0.2, 0) is 16.0 Å². The molecule has 1 N–H and O–H groups in total. The molecule has 1 saturated heterocycles. The van der Waals surface area contributed by atoms with E-state index < -0.39 is 0 Å². The Labute approximate surface area is 101 Å². The zero-order valence-electron chi connectivity index (χ0n) is 9.90. The van der Waals surface area contributed by atoms with Gasteiger partial charge in [0, 0.05) is 5.69 Å². The first-order chi connectivity index (χ1) is 8.19. The third kappa shape index (κ3) is 2.84. The number of nitrogens with one attached hydrogen (secondary N) is 1. The van der Waals surface area contributed by atoms with Crippen LogP contribution in [0.2, 0.25) is 0 Å². The molecule has 2 amide bonds. The van der Waals surface area contributed by atoms with Crippen molar-refractivity contribution in [1.82, 2.24) is 5.32 Å². The van der Waals surface area contributed by atoms with Gasteiger partial charge >= 0.3 is 0 Å². The second-order valence-corrected chi connectivity index (χ2v) is 4.24. The minimum Gasteiger partial charge on any atom is -0.353 e. The summed E-state index contributed by atoms with van der Waals surface area (Å²) < 4.78 is 0. The summed E-state index contributed by atoms with van der Waals surface area (Å²) in [5, 5.41) is 2.29. The minimum absolute atomic E-state index is 0.237. The number of anilines is 1. The summed E-state index contributed by atoms with van der Waals surface area (Å²) in [6.45, 7) is 2.64. The zero-order chi connectivity index (χ0) is 12.3. The van der Waals surface area contributed by atoms with Gasteiger partial charge in [0.2, 0.25) is 11.8 Å². The van der Waals surface area contributed by atoms with Crippen LogP contribution >= 0.6 is 0 Å². The Morgan fingerprint density at radius 3 is 2.24 bits per heavy atom. The molecule has 1 heterocycles. The van der Waals surface area contributed by atoms with Gasteiger partial charge in [-0.05, 0) is 24.1 Å². The maximum absolute atomic E-state index is 11.3. The van der Waals surface area contributed by atoms with Gasteiger partial charge in [0.15, 0.2) is 0 Å². The molecule has 4 heteroatoms. The molecule has 0 unspecified atom stereocenters. The van der Waals surface area contributed by atoms with Crippen LogP contribution in [0.1, 0.15) is 18.9 Å². The minimum atomic E-state index is -0.237. The number of aryl methyl sites for hydroxylation is 1. The van der Waals surface area contributed by atoms with Crippen molar-refractivity contribution in [1.29, 1.82) is 0 Å². The van der Waals surface area contributed by atoms with E-state index in [2.05, 4.69) is 24.4 Å². The molecule has 4 nitrogen and oxygen atoms in total. The molecule has 0 bridgehead atoms. The van der Waals surface area contributed by atoms with Crippen LogP contribution in [-0.4, -0.2) is 24.9 Å². The molecule has 1 aliphatic rings. The smallest absolute Gasteiger partial charge is 0.246 e. The number of hydrogen-bond acceptors (Lipinski definition) is 3. The van der Waals surface area contributed by atoms with Crippen LogP contribution in [0.25, 0.3) is 0 Å². The van der Waals surface area contributed by atoms with Crippen LogP contribution in [0.3, 0.4) is 0 Å². The normalized spacial score (nSPS) is 15.9. The largest absolute Gasteiger partial charge is 0.353 e. The molecule has 2 rings (SSSR count). The van der Waals surface area contributed by atoms with Crippen molar-refractivity contribution in [3.05, 3.63) is 29.8 Å². The quantitative estimate of drug-likeness (QED) is 0.794. The monoisotopic (exact) mass is 232 g/mol. The molecule has 1 aliphatic heterocycles. The average molecular weight is 232 g/mol. The fourth-order valence-electron chi connectivity index (χ4n) is 1.98. The van der Waals surface area contributed by atoms with Gasteiger partial charge in [0.05, 0.1) is 13.1 Å². The lowest BCUT2D eigenvalue weighted by atomic mass is 10.1. The SMILES string of the molecule is CCCc1ccc(N2CC(=O)NC(=O)C2)cc1. The van der Waals surface area contributed by atoms with Gasteiger partial charge in [-0.3, -0.25) is 14.9 Å². The summed E-state index contributed by atoms with van der Waals surface area (Å²) in [4.78, 5) is 24.3. The number of nitrogens with zero attached hydrogens (tertiary/aromatic N) is 1. The molecular weight excluding hydrogens is 216 g/mol. The average Bonchev–Trinajstić information content (AvgIpc) is 2.29. The third-order valence-corrected chi connectivity index (χ3v) is 2.79. The number of imide groups is 1. The fraction of sp³-hybridized carbons (Fsp3) is 0.385. The molecular formula is C13H16N2O2. The summed E-state index contributed by atoms with van der Waals surface area (Å²) in [5.74, 6) is -0.474.